The zero-order valence-corrected chi connectivity index (χ0v) is 20.7. The Balaban J connectivity index is 1.63. The zero-order valence-electron chi connectivity index (χ0n) is 20.7. The van der Waals surface area contributed by atoms with Gasteiger partial charge in [-0.3, -0.25) is 4.99 Å². The third kappa shape index (κ3) is 9.47. The van der Waals surface area contributed by atoms with Gasteiger partial charge in [0.15, 0.2) is 5.96 Å². The van der Waals surface area contributed by atoms with E-state index in [1.54, 1.807) is 0 Å². The summed E-state index contributed by atoms with van der Waals surface area (Å²) in [5.74, 6) is 1.38. The third-order valence-electron chi connectivity index (χ3n) is 5.47. The first-order chi connectivity index (χ1) is 15.2. The van der Waals surface area contributed by atoms with Crippen LogP contribution in [0.25, 0.3) is 0 Å². The molecule has 32 heavy (non-hydrogen) atoms. The molecular formula is C25H42N4O3. The first kappa shape index (κ1) is 26.0. The number of guanidine groups is 1. The number of carbonyl (C=O) groups excluding carboxylic acids is 1. The highest BCUT2D eigenvalue weighted by Crippen LogP contribution is 2.17. The van der Waals surface area contributed by atoms with Crippen molar-refractivity contribution in [3.63, 3.8) is 0 Å². The van der Waals surface area contributed by atoms with Crippen molar-refractivity contribution in [2.24, 2.45) is 4.99 Å². The van der Waals surface area contributed by atoms with Gasteiger partial charge >= 0.3 is 6.09 Å². The number of amides is 1. The molecule has 1 heterocycles. The number of piperidine rings is 1. The standard InChI is InChI=1S/C25H42N4O3/c1-19-9-7-10-21(17-19)20(2)18-28-23(26-6)29-14-11-22(12-15-29)31-16-8-13-27-24(30)32-25(3,4)5/h7,9-10,17,20,22H,8,11-16,18H2,1-6H3,(H,26,28)(H,27,30). The second-order valence-electron chi connectivity index (χ2n) is 9.58. The number of ether oxygens (including phenoxy) is 2. The van der Waals surface area contributed by atoms with Gasteiger partial charge in [0.1, 0.15) is 5.60 Å². The second-order valence-corrected chi connectivity index (χ2v) is 9.58. The number of nitrogens with zero attached hydrogens (tertiary/aromatic N) is 2. The van der Waals surface area contributed by atoms with E-state index in [4.69, 9.17) is 9.47 Å². The van der Waals surface area contributed by atoms with Crippen LogP contribution in [-0.4, -0.2) is 68.5 Å². The lowest BCUT2D eigenvalue weighted by Gasteiger charge is -2.34. The lowest BCUT2D eigenvalue weighted by atomic mass is 9.99. The van der Waals surface area contributed by atoms with Gasteiger partial charge in [-0.15, -0.1) is 0 Å². The number of aliphatic imine (C=N–C) groups is 1. The summed E-state index contributed by atoms with van der Waals surface area (Å²) in [7, 11) is 1.85. The average Bonchev–Trinajstić information content (AvgIpc) is 2.73. The summed E-state index contributed by atoms with van der Waals surface area (Å²) in [6.45, 7) is 13.9. The Hall–Kier alpha value is -2.28. The van der Waals surface area contributed by atoms with Crippen LogP contribution in [0.3, 0.4) is 0 Å². The summed E-state index contributed by atoms with van der Waals surface area (Å²) in [5, 5.41) is 6.31. The van der Waals surface area contributed by atoms with Crippen molar-refractivity contribution in [1.29, 1.82) is 0 Å². The molecule has 1 aliphatic rings. The summed E-state index contributed by atoms with van der Waals surface area (Å²) in [4.78, 5) is 18.4. The van der Waals surface area contributed by atoms with Crippen LogP contribution >= 0.6 is 0 Å². The maximum absolute atomic E-state index is 11.6. The van der Waals surface area contributed by atoms with Gasteiger partial charge < -0.3 is 25.0 Å². The highest BCUT2D eigenvalue weighted by molar-refractivity contribution is 5.80. The molecule has 7 heteroatoms. The van der Waals surface area contributed by atoms with E-state index in [2.05, 4.69) is 58.6 Å². The smallest absolute Gasteiger partial charge is 0.407 e. The number of benzene rings is 1. The Labute approximate surface area is 194 Å². The minimum Gasteiger partial charge on any atom is -0.444 e. The van der Waals surface area contributed by atoms with E-state index in [-0.39, 0.29) is 12.2 Å². The number of nitrogens with one attached hydrogen (secondary N) is 2. The van der Waals surface area contributed by atoms with Crippen LogP contribution < -0.4 is 10.6 Å². The molecule has 0 saturated carbocycles. The maximum atomic E-state index is 11.6. The normalized spacial score (nSPS) is 16.6. The first-order valence-corrected chi connectivity index (χ1v) is 11.8. The van der Waals surface area contributed by atoms with Crippen molar-refractivity contribution in [2.45, 2.75) is 71.5 Å². The highest BCUT2D eigenvalue weighted by atomic mass is 16.6. The molecule has 0 bridgehead atoms. The fourth-order valence-corrected chi connectivity index (χ4v) is 3.73. The molecule has 1 unspecified atom stereocenters. The van der Waals surface area contributed by atoms with Gasteiger partial charge in [-0.05, 0) is 58.4 Å². The van der Waals surface area contributed by atoms with E-state index < -0.39 is 5.60 Å². The van der Waals surface area contributed by atoms with Crippen molar-refractivity contribution < 1.29 is 14.3 Å². The molecule has 1 aliphatic heterocycles. The molecule has 1 aromatic carbocycles. The number of aryl methyl sites for hydroxylation is 1. The lowest BCUT2D eigenvalue weighted by molar-refractivity contribution is 0.0170. The lowest BCUT2D eigenvalue weighted by Crippen LogP contribution is -2.47. The van der Waals surface area contributed by atoms with Gasteiger partial charge in [0.2, 0.25) is 0 Å². The van der Waals surface area contributed by atoms with E-state index in [1.165, 1.54) is 11.1 Å². The third-order valence-corrected chi connectivity index (χ3v) is 5.47. The van der Waals surface area contributed by atoms with Crippen molar-refractivity contribution in [3.8, 4) is 0 Å². The number of hydrogen-bond acceptors (Lipinski definition) is 4. The van der Waals surface area contributed by atoms with E-state index in [0.29, 0.717) is 19.1 Å². The minimum absolute atomic E-state index is 0.261. The van der Waals surface area contributed by atoms with Crippen molar-refractivity contribution in [2.75, 3.05) is 39.8 Å². The number of likely N-dealkylation sites (tertiary alicyclic amines) is 1. The van der Waals surface area contributed by atoms with Crippen LogP contribution in [-0.2, 0) is 9.47 Å². The Morgan fingerprint density at radius 1 is 1.25 bits per heavy atom. The van der Waals surface area contributed by atoms with Gasteiger partial charge in [-0.2, -0.15) is 0 Å². The Morgan fingerprint density at radius 3 is 2.59 bits per heavy atom. The van der Waals surface area contributed by atoms with Crippen LogP contribution in [0.15, 0.2) is 29.3 Å². The fourth-order valence-electron chi connectivity index (χ4n) is 3.73. The van der Waals surface area contributed by atoms with Gasteiger partial charge in [0.25, 0.3) is 0 Å². The summed E-state index contributed by atoms with van der Waals surface area (Å²) in [6.07, 6.45) is 2.62. The van der Waals surface area contributed by atoms with Crippen LogP contribution in [0.5, 0.6) is 0 Å². The molecule has 7 nitrogen and oxygen atoms in total. The highest BCUT2D eigenvalue weighted by Gasteiger charge is 2.22. The van der Waals surface area contributed by atoms with Crippen molar-refractivity contribution >= 4 is 12.1 Å². The quantitative estimate of drug-likeness (QED) is 0.358. The first-order valence-electron chi connectivity index (χ1n) is 11.8. The molecule has 1 amide bonds. The maximum Gasteiger partial charge on any atom is 0.407 e. The summed E-state index contributed by atoms with van der Waals surface area (Å²) >= 11 is 0. The molecule has 0 radical (unpaired) electrons. The molecule has 1 atom stereocenters. The molecule has 180 valence electrons. The van der Waals surface area contributed by atoms with Crippen LogP contribution in [0.4, 0.5) is 4.79 Å². The summed E-state index contributed by atoms with van der Waals surface area (Å²) in [6, 6.07) is 8.69. The molecular weight excluding hydrogens is 404 g/mol. The van der Waals surface area contributed by atoms with E-state index in [9.17, 15) is 4.79 Å². The van der Waals surface area contributed by atoms with E-state index >= 15 is 0 Å². The Kier molecular flexibility index (Phi) is 10.3. The van der Waals surface area contributed by atoms with Gasteiger partial charge in [0.05, 0.1) is 6.10 Å². The van der Waals surface area contributed by atoms with E-state index in [1.807, 2.05) is 27.8 Å². The monoisotopic (exact) mass is 446 g/mol. The zero-order chi connectivity index (χ0) is 23.6. The van der Waals surface area contributed by atoms with Crippen molar-refractivity contribution in [1.82, 2.24) is 15.5 Å². The molecule has 2 rings (SSSR count). The number of alkyl carbamates (subject to hydrolysis) is 1. The summed E-state index contributed by atoms with van der Waals surface area (Å²) in [5.41, 5.74) is 2.17. The number of rotatable bonds is 8. The number of carbonyl (C=O) groups is 1. The Morgan fingerprint density at radius 2 is 1.97 bits per heavy atom. The molecule has 1 saturated heterocycles. The van der Waals surface area contributed by atoms with Crippen LogP contribution in [0, 0.1) is 6.92 Å². The van der Waals surface area contributed by atoms with Crippen LogP contribution in [0.1, 0.15) is 64.0 Å². The molecule has 1 fully saturated rings. The van der Waals surface area contributed by atoms with Gasteiger partial charge in [-0.25, -0.2) is 4.79 Å². The number of hydrogen-bond donors (Lipinski definition) is 2. The molecule has 0 aliphatic carbocycles. The minimum atomic E-state index is -0.470. The largest absolute Gasteiger partial charge is 0.444 e. The summed E-state index contributed by atoms with van der Waals surface area (Å²) < 4.78 is 11.2. The molecule has 0 spiro atoms. The second kappa shape index (κ2) is 12.7. The molecule has 1 aromatic rings. The SMILES string of the molecule is CN=C(NCC(C)c1cccc(C)c1)N1CCC(OCCCNC(=O)OC(C)(C)C)CC1. The molecule has 0 aromatic heterocycles. The predicted molar refractivity (Wildman–Crippen MR) is 130 cm³/mol. The average molecular weight is 447 g/mol. The topological polar surface area (TPSA) is 75.2 Å². The molecule has 2 N–H and O–H groups in total. The predicted octanol–water partition coefficient (Wildman–Crippen LogP) is 4.07. The van der Waals surface area contributed by atoms with Gasteiger partial charge in [0, 0.05) is 39.8 Å². The Bertz CT molecular complexity index is 737. The van der Waals surface area contributed by atoms with Crippen molar-refractivity contribution in [3.05, 3.63) is 35.4 Å². The van der Waals surface area contributed by atoms with E-state index in [0.717, 1.165) is 44.9 Å². The van der Waals surface area contributed by atoms with Crippen LogP contribution in [0.2, 0.25) is 0 Å². The van der Waals surface area contributed by atoms with Gasteiger partial charge in [-0.1, -0.05) is 36.8 Å². The fraction of sp³-hybridized carbons (Fsp3) is 0.680.